The molecule has 3 rings (SSSR count). The maximum absolute atomic E-state index is 12.3. The van der Waals surface area contributed by atoms with Crippen molar-refractivity contribution in [2.24, 2.45) is 0 Å². The van der Waals surface area contributed by atoms with Crippen molar-refractivity contribution >= 4 is 11.8 Å². The van der Waals surface area contributed by atoms with Crippen LogP contribution in [-0.4, -0.2) is 23.3 Å². The highest BCUT2D eigenvalue weighted by Gasteiger charge is 2.35. The van der Waals surface area contributed by atoms with Crippen LogP contribution in [0.3, 0.4) is 0 Å². The van der Waals surface area contributed by atoms with E-state index >= 15 is 0 Å². The first kappa shape index (κ1) is 12.6. The van der Waals surface area contributed by atoms with E-state index < -0.39 is 0 Å². The third-order valence-corrected chi connectivity index (χ3v) is 3.70. The molecule has 0 radical (unpaired) electrons. The highest BCUT2D eigenvalue weighted by atomic mass is 16.2. The molecule has 1 aliphatic rings. The van der Waals surface area contributed by atoms with Crippen molar-refractivity contribution in [1.29, 1.82) is 0 Å². The largest absolute Gasteiger partial charge is 0.274 e. The van der Waals surface area contributed by atoms with Gasteiger partial charge in [-0.3, -0.25) is 14.5 Å². The van der Waals surface area contributed by atoms with Crippen molar-refractivity contribution in [3.05, 3.63) is 71.3 Å². The van der Waals surface area contributed by atoms with E-state index in [2.05, 4.69) is 0 Å². The Bertz CT molecular complexity index is 629. The minimum absolute atomic E-state index is 0.124. The summed E-state index contributed by atoms with van der Waals surface area (Å²) in [5.74, 6) is -0.250. The lowest BCUT2D eigenvalue weighted by molar-refractivity contribution is 0.0646. The van der Waals surface area contributed by atoms with Crippen LogP contribution in [-0.2, 0) is 0 Å². The number of rotatable bonds is 3. The van der Waals surface area contributed by atoms with Gasteiger partial charge in [-0.1, -0.05) is 49.4 Å². The fourth-order valence-electron chi connectivity index (χ4n) is 2.57. The fraction of sp³-hybridized carbons (Fsp3) is 0.176. The van der Waals surface area contributed by atoms with E-state index in [9.17, 15) is 9.59 Å². The molecule has 2 amide bonds. The summed E-state index contributed by atoms with van der Waals surface area (Å²) in [5.41, 5.74) is 2.15. The Balaban J connectivity index is 1.84. The van der Waals surface area contributed by atoms with Crippen molar-refractivity contribution < 1.29 is 9.59 Å². The molecular weight excluding hydrogens is 250 g/mol. The van der Waals surface area contributed by atoms with E-state index in [1.807, 2.05) is 37.3 Å². The van der Waals surface area contributed by atoms with E-state index in [0.29, 0.717) is 17.7 Å². The molecule has 0 unspecified atom stereocenters. The maximum atomic E-state index is 12.3. The Labute approximate surface area is 117 Å². The van der Waals surface area contributed by atoms with E-state index in [1.54, 1.807) is 24.3 Å². The molecule has 0 aliphatic carbocycles. The minimum atomic E-state index is -0.187. The van der Waals surface area contributed by atoms with Gasteiger partial charge in [-0.05, 0) is 23.6 Å². The molecule has 0 fully saturated rings. The zero-order chi connectivity index (χ0) is 14.1. The first-order valence-electron chi connectivity index (χ1n) is 6.68. The zero-order valence-corrected chi connectivity index (χ0v) is 11.2. The van der Waals surface area contributed by atoms with Gasteiger partial charge in [0.2, 0.25) is 0 Å². The number of nitrogens with zero attached hydrogens (tertiary/aromatic N) is 1. The average molecular weight is 265 g/mol. The summed E-state index contributed by atoms with van der Waals surface area (Å²) in [6.45, 7) is 2.44. The van der Waals surface area contributed by atoms with E-state index in [-0.39, 0.29) is 17.7 Å². The zero-order valence-electron chi connectivity index (χ0n) is 11.2. The summed E-state index contributed by atoms with van der Waals surface area (Å²) in [6.07, 6.45) is 0. The second-order valence-electron chi connectivity index (χ2n) is 5.08. The van der Waals surface area contributed by atoms with Crippen LogP contribution in [0.15, 0.2) is 54.6 Å². The number of amides is 2. The van der Waals surface area contributed by atoms with Gasteiger partial charge in [-0.25, -0.2) is 0 Å². The molecule has 0 N–H and O–H groups in total. The number of hydrogen-bond acceptors (Lipinski definition) is 2. The normalized spacial score (nSPS) is 15.3. The molecule has 0 saturated heterocycles. The lowest BCUT2D eigenvalue weighted by atomic mass is 10.0. The van der Waals surface area contributed by atoms with E-state index in [1.165, 1.54) is 4.90 Å². The number of hydrogen-bond donors (Lipinski definition) is 0. The predicted molar refractivity (Wildman–Crippen MR) is 76.7 cm³/mol. The van der Waals surface area contributed by atoms with Gasteiger partial charge < -0.3 is 0 Å². The van der Waals surface area contributed by atoms with Gasteiger partial charge in [-0.2, -0.15) is 0 Å². The number of imide groups is 1. The van der Waals surface area contributed by atoms with Crippen LogP contribution in [0, 0.1) is 0 Å². The first-order valence-corrected chi connectivity index (χ1v) is 6.68. The van der Waals surface area contributed by atoms with Crippen molar-refractivity contribution in [3.63, 3.8) is 0 Å². The summed E-state index contributed by atoms with van der Waals surface area (Å²) in [4.78, 5) is 25.9. The Morgan fingerprint density at radius 2 is 1.35 bits per heavy atom. The average Bonchev–Trinajstić information content (AvgIpc) is 2.74. The molecule has 0 bridgehead atoms. The smallest absolute Gasteiger partial charge is 0.261 e. The van der Waals surface area contributed by atoms with Crippen molar-refractivity contribution in [3.8, 4) is 0 Å². The van der Waals surface area contributed by atoms with Crippen molar-refractivity contribution in [1.82, 2.24) is 4.90 Å². The predicted octanol–water partition coefficient (Wildman–Crippen LogP) is 3.09. The highest BCUT2D eigenvalue weighted by molar-refractivity contribution is 6.21. The molecule has 1 aliphatic heterocycles. The van der Waals surface area contributed by atoms with Gasteiger partial charge in [0.25, 0.3) is 11.8 Å². The molecule has 2 aromatic carbocycles. The van der Waals surface area contributed by atoms with Crippen molar-refractivity contribution in [2.75, 3.05) is 6.54 Å². The Morgan fingerprint density at radius 3 is 1.90 bits per heavy atom. The van der Waals surface area contributed by atoms with Crippen LogP contribution in [0.2, 0.25) is 0 Å². The topological polar surface area (TPSA) is 37.4 Å². The number of carbonyl (C=O) groups excluding carboxylic acids is 2. The summed E-state index contributed by atoms with van der Waals surface area (Å²) < 4.78 is 0. The number of carbonyl (C=O) groups is 2. The molecule has 2 aromatic rings. The molecule has 0 saturated carbocycles. The monoisotopic (exact) mass is 265 g/mol. The molecular formula is C17H15NO2. The molecule has 0 spiro atoms. The third-order valence-electron chi connectivity index (χ3n) is 3.70. The molecule has 3 nitrogen and oxygen atoms in total. The second-order valence-corrected chi connectivity index (χ2v) is 5.08. The number of benzene rings is 2. The van der Waals surface area contributed by atoms with Crippen LogP contribution in [0.25, 0.3) is 0 Å². The fourth-order valence-corrected chi connectivity index (χ4v) is 2.57. The van der Waals surface area contributed by atoms with Crippen LogP contribution in [0.4, 0.5) is 0 Å². The highest BCUT2D eigenvalue weighted by Crippen LogP contribution is 2.25. The Hall–Kier alpha value is -2.42. The van der Waals surface area contributed by atoms with Gasteiger partial charge in [0.1, 0.15) is 0 Å². The standard InChI is InChI=1S/C17H15NO2/c1-12(13-7-3-2-4-8-13)11-18-16(19)14-9-5-6-10-15(14)17(18)20/h2-10,12H,11H2,1H3/t12-/m0/s1. The summed E-state index contributed by atoms with van der Waals surface area (Å²) >= 11 is 0. The third kappa shape index (κ3) is 2.01. The van der Waals surface area contributed by atoms with Crippen LogP contribution >= 0.6 is 0 Å². The lowest BCUT2D eigenvalue weighted by Crippen LogP contribution is -2.33. The summed E-state index contributed by atoms with van der Waals surface area (Å²) in [7, 11) is 0. The molecule has 3 heteroatoms. The Morgan fingerprint density at radius 1 is 0.850 bits per heavy atom. The van der Waals surface area contributed by atoms with E-state index in [0.717, 1.165) is 5.56 Å². The van der Waals surface area contributed by atoms with Crippen LogP contribution < -0.4 is 0 Å². The molecule has 1 heterocycles. The lowest BCUT2D eigenvalue weighted by Gasteiger charge is -2.19. The van der Waals surface area contributed by atoms with E-state index in [4.69, 9.17) is 0 Å². The van der Waals surface area contributed by atoms with Gasteiger partial charge in [0, 0.05) is 6.54 Å². The van der Waals surface area contributed by atoms with Gasteiger partial charge in [0.05, 0.1) is 11.1 Å². The number of fused-ring (bicyclic) bond motifs is 1. The summed E-state index contributed by atoms with van der Waals surface area (Å²) in [6, 6.07) is 16.9. The maximum Gasteiger partial charge on any atom is 0.261 e. The quantitative estimate of drug-likeness (QED) is 0.800. The second kappa shape index (κ2) is 4.93. The Kier molecular flexibility index (Phi) is 3.11. The molecule has 20 heavy (non-hydrogen) atoms. The molecule has 100 valence electrons. The SMILES string of the molecule is C[C@@H](CN1C(=O)c2ccccc2C1=O)c1ccccc1. The van der Waals surface area contributed by atoms with Crippen LogP contribution in [0.5, 0.6) is 0 Å². The molecule has 1 atom stereocenters. The van der Waals surface area contributed by atoms with Gasteiger partial charge >= 0.3 is 0 Å². The van der Waals surface area contributed by atoms with Gasteiger partial charge in [-0.15, -0.1) is 0 Å². The van der Waals surface area contributed by atoms with Gasteiger partial charge in [0.15, 0.2) is 0 Å². The first-order chi connectivity index (χ1) is 9.68. The van der Waals surface area contributed by atoms with Crippen molar-refractivity contribution in [2.45, 2.75) is 12.8 Å². The van der Waals surface area contributed by atoms with Crippen LogP contribution in [0.1, 0.15) is 39.1 Å². The molecule has 0 aromatic heterocycles. The minimum Gasteiger partial charge on any atom is -0.274 e. The summed E-state index contributed by atoms with van der Waals surface area (Å²) in [5, 5.41) is 0.